The highest BCUT2D eigenvalue weighted by Crippen LogP contribution is 2.20. The zero-order valence-corrected chi connectivity index (χ0v) is 18.6. The van der Waals surface area contributed by atoms with Gasteiger partial charge >= 0.3 is 8.80 Å². The van der Waals surface area contributed by atoms with E-state index in [1.54, 1.807) is 0 Å². The van der Waals surface area contributed by atoms with E-state index in [0.29, 0.717) is 0 Å². The number of halogens is 1. The molecule has 0 saturated carbocycles. The lowest BCUT2D eigenvalue weighted by Crippen LogP contribution is -2.49. The molecule has 0 heterocycles. The van der Waals surface area contributed by atoms with Crippen LogP contribution in [0.3, 0.4) is 0 Å². The standard InChI is InChI=1S/C19H33IO3Si/c1-4-7-13-21-24(22-14-8-5-2,23-15-9-6-3)17-18-11-10-12-19(20)16-18/h10-12,16H,4-9,13-15,17H2,1-3H3. The Morgan fingerprint density at radius 3 is 1.75 bits per heavy atom. The van der Waals surface area contributed by atoms with Gasteiger partial charge in [0.25, 0.3) is 0 Å². The van der Waals surface area contributed by atoms with Crippen molar-refractivity contribution in [3.05, 3.63) is 33.4 Å². The molecule has 0 amide bonds. The highest BCUT2D eigenvalue weighted by Gasteiger charge is 2.41. The molecule has 0 aliphatic rings. The molecule has 24 heavy (non-hydrogen) atoms. The number of hydrogen-bond acceptors (Lipinski definition) is 3. The van der Waals surface area contributed by atoms with E-state index in [-0.39, 0.29) is 0 Å². The molecule has 0 bridgehead atoms. The van der Waals surface area contributed by atoms with Crippen LogP contribution in [-0.4, -0.2) is 28.6 Å². The van der Waals surface area contributed by atoms with Crippen molar-refractivity contribution in [3.8, 4) is 0 Å². The molecule has 1 rings (SSSR count). The van der Waals surface area contributed by atoms with Crippen LogP contribution in [0.15, 0.2) is 24.3 Å². The summed E-state index contributed by atoms with van der Waals surface area (Å²) < 4.78 is 20.1. The smallest absolute Gasteiger partial charge is 0.373 e. The molecule has 3 nitrogen and oxygen atoms in total. The summed E-state index contributed by atoms with van der Waals surface area (Å²) in [5.41, 5.74) is 1.25. The summed E-state index contributed by atoms with van der Waals surface area (Å²) in [5.74, 6) is 0. The van der Waals surface area contributed by atoms with E-state index in [9.17, 15) is 0 Å². The van der Waals surface area contributed by atoms with E-state index in [2.05, 4.69) is 67.6 Å². The minimum Gasteiger partial charge on any atom is -0.373 e. The van der Waals surface area contributed by atoms with Crippen molar-refractivity contribution in [2.24, 2.45) is 0 Å². The summed E-state index contributed by atoms with van der Waals surface area (Å²) in [6.07, 6.45) is 6.52. The third kappa shape index (κ3) is 8.94. The van der Waals surface area contributed by atoms with E-state index in [0.717, 1.165) is 64.4 Å². The highest BCUT2D eigenvalue weighted by atomic mass is 127. The summed E-state index contributed by atoms with van der Waals surface area (Å²) >= 11 is 2.35. The van der Waals surface area contributed by atoms with Crippen molar-refractivity contribution < 1.29 is 13.3 Å². The summed E-state index contributed by atoms with van der Waals surface area (Å²) in [5, 5.41) is 0. The van der Waals surface area contributed by atoms with Crippen molar-refractivity contribution in [1.29, 1.82) is 0 Å². The van der Waals surface area contributed by atoms with Crippen LogP contribution in [0.2, 0.25) is 0 Å². The molecule has 0 fully saturated rings. The van der Waals surface area contributed by atoms with Crippen LogP contribution in [0, 0.1) is 3.57 Å². The van der Waals surface area contributed by atoms with Gasteiger partial charge in [-0.3, -0.25) is 0 Å². The Morgan fingerprint density at radius 2 is 1.33 bits per heavy atom. The largest absolute Gasteiger partial charge is 0.505 e. The molecule has 0 aliphatic carbocycles. The molecular weight excluding hydrogens is 431 g/mol. The number of benzene rings is 1. The number of hydrogen-bond donors (Lipinski definition) is 0. The first-order valence-electron chi connectivity index (χ1n) is 9.32. The predicted octanol–water partition coefficient (Wildman–Crippen LogP) is 5.76. The maximum absolute atomic E-state index is 6.30. The fourth-order valence-electron chi connectivity index (χ4n) is 2.29. The molecule has 0 radical (unpaired) electrons. The van der Waals surface area contributed by atoms with Gasteiger partial charge in [-0.1, -0.05) is 52.2 Å². The van der Waals surface area contributed by atoms with Crippen LogP contribution >= 0.6 is 22.6 Å². The van der Waals surface area contributed by atoms with Crippen LogP contribution in [0.1, 0.15) is 64.9 Å². The van der Waals surface area contributed by atoms with Gasteiger partial charge in [-0.25, -0.2) is 0 Å². The second-order valence-corrected chi connectivity index (χ2v) is 9.93. The number of rotatable bonds is 14. The molecule has 0 unspecified atom stereocenters. The van der Waals surface area contributed by atoms with Gasteiger partial charge in [-0.05, 0) is 59.5 Å². The first kappa shape index (κ1) is 22.1. The molecule has 1 aromatic carbocycles. The maximum atomic E-state index is 6.30. The summed E-state index contributed by atoms with van der Waals surface area (Å²) in [6, 6.07) is 9.33. The van der Waals surface area contributed by atoms with Crippen molar-refractivity contribution in [1.82, 2.24) is 0 Å². The second kappa shape index (κ2) is 13.3. The normalized spacial score (nSPS) is 11.8. The fraction of sp³-hybridized carbons (Fsp3) is 0.684. The lowest BCUT2D eigenvalue weighted by Gasteiger charge is -2.30. The molecular formula is C19H33IO3Si. The van der Waals surface area contributed by atoms with E-state index >= 15 is 0 Å². The van der Waals surface area contributed by atoms with Gasteiger partial charge in [0.2, 0.25) is 0 Å². The van der Waals surface area contributed by atoms with Gasteiger partial charge in [0.05, 0.1) is 0 Å². The van der Waals surface area contributed by atoms with Crippen LogP contribution in [-0.2, 0) is 19.3 Å². The SMILES string of the molecule is CCCCO[Si](Cc1cccc(I)c1)(OCCCC)OCCCC. The highest BCUT2D eigenvalue weighted by molar-refractivity contribution is 14.1. The van der Waals surface area contributed by atoms with Crippen LogP contribution in [0.25, 0.3) is 0 Å². The van der Waals surface area contributed by atoms with E-state index < -0.39 is 8.80 Å². The first-order chi connectivity index (χ1) is 11.7. The van der Waals surface area contributed by atoms with Gasteiger partial charge in [0.1, 0.15) is 0 Å². The molecule has 1 aromatic rings. The van der Waals surface area contributed by atoms with E-state index in [1.807, 2.05) is 0 Å². The Kier molecular flexibility index (Phi) is 12.2. The van der Waals surface area contributed by atoms with E-state index in [4.69, 9.17) is 13.3 Å². The molecule has 0 saturated heterocycles. The van der Waals surface area contributed by atoms with Crippen LogP contribution < -0.4 is 0 Å². The monoisotopic (exact) mass is 464 g/mol. The second-order valence-electron chi connectivity index (χ2n) is 6.10. The Morgan fingerprint density at radius 1 is 0.833 bits per heavy atom. The Balaban J connectivity index is 2.87. The molecule has 0 atom stereocenters. The fourth-order valence-corrected chi connectivity index (χ4v) is 5.54. The molecule has 0 aromatic heterocycles. The van der Waals surface area contributed by atoms with Gasteiger partial charge in [0, 0.05) is 29.4 Å². The van der Waals surface area contributed by atoms with Crippen molar-refractivity contribution in [3.63, 3.8) is 0 Å². The number of unbranched alkanes of at least 4 members (excludes halogenated alkanes) is 3. The minimum absolute atomic E-state index is 0.727. The molecule has 0 spiro atoms. The average molecular weight is 464 g/mol. The van der Waals surface area contributed by atoms with Crippen molar-refractivity contribution in [2.45, 2.75) is 65.3 Å². The summed E-state index contributed by atoms with van der Waals surface area (Å²) in [7, 11) is -2.67. The predicted molar refractivity (Wildman–Crippen MR) is 111 cm³/mol. The average Bonchev–Trinajstić information content (AvgIpc) is 2.56. The third-order valence-corrected chi connectivity index (χ3v) is 7.21. The Labute approximate surface area is 163 Å². The summed E-state index contributed by atoms with van der Waals surface area (Å²) in [4.78, 5) is 0. The minimum atomic E-state index is -2.67. The first-order valence-corrected chi connectivity index (χ1v) is 12.3. The quantitative estimate of drug-likeness (QED) is 0.199. The van der Waals surface area contributed by atoms with Gasteiger partial charge in [0.15, 0.2) is 0 Å². The molecule has 5 heteroatoms. The topological polar surface area (TPSA) is 27.7 Å². The molecule has 0 N–H and O–H groups in total. The van der Waals surface area contributed by atoms with Crippen molar-refractivity contribution >= 4 is 31.4 Å². The zero-order valence-electron chi connectivity index (χ0n) is 15.5. The van der Waals surface area contributed by atoms with E-state index in [1.165, 1.54) is 9.13 Å². The lowest BCUT2D eigenvalue weighted by atomic mass is 10.2. The molecule has 0 aliphatic heterocycles. The Bertz CT molecular complexity index is 416. The third-order valence-electron chi connectivity index (χ3n) is 3.77. The van der Waals surface area contributed by atoms with Gasteiger partial charge in [-0.2, -0.15) is 0 Å². The van der Waals surface area contributed by atoms with Crippen LogP contribution in [0.4, 0.5) is 0 Å². The van der Waals surface area contributed by atoms with Gasteiger partial charge in [-0.15, -0.1) is 0 Å². The Hall–Kier alpha value is 0.0469. The van der Waals surface area contributed by atoms with Crippen LogP contribution in [0.5, 0.6) is 0 Å². The molecule has 138 valence electrons. The zero-order chi connectivity index (χ0) is 17.7. The summed E-state index contributed by atoms with van der Waals surface area (Å²) in [6.45, 7) is 8.73. The lowest BCUT2D eigenvalue weighted by molar-refractivity contribution is 0.0554. The van der Waals surface area contributed by atoms with Gasteiger partial charge < -0.3 is 13.3 Å². The maximum Gasteiger partial charge on any atom is 0.505 e. The van der Waals surface area contributed by atoms with Crippen molar-refractivity contribution in [2.75, 3.05) is 19.8 Å².